The molecular formula is C10H15BrN2O. The fourth-order valence-electron chi connectivity index (χ4n) is 1.01. The summed E-state index contributed by atoms with van der Waals surface area (Å²) in [5.74, 6) is 1.64. The molecule has 0 aromatic carbocycles. The highest BCUT2D eigenvalue weighted by Gasteiger charge is 2.04. The zero-order chi connectivity index (χ0) is 10.6. The largest absolute Gasteiger partial charge is 0.495 e. The molecule has 0 aliphatic carbocycles. The van der Waals surface area contributed by atoms with Gasteiger partial charge in [-0.2, -0.15) is 0 Å². The Morgan fingerprint density at radius 1 is 1.64 bits per heavy atom. The molecule has 0 saturated heterocycles. The molecule has 0 bridgehead atoms. The third-order valence-electron chi connectivity index (χ3n) is 2.05. The molecule has 1 rings (SSSR count). The van der Waals surface area contributed by atoms with Gasteiger partial charge in [0.1, 0.15) is 11.6 Å². The molecule has 0 saturated carbocycles. The summed E-state index contributed by atoms with van der Waals surface area (Å²) in [5, 5.41) is 3.28. The molecule has 1 atom stereocenters. The van der Waals surface area contributed by atoms with Gasteiger partial charge in [0, 0.05) is 18.3 Å². The van der Waals surface area contributed by atoms with Crippen molar-refractivity contribution in [1.29, 1.82) is 0 Å². The van der Waals surface area contributed by atoms with Crippen LogP contribution in [0.2, 0.25) is 0 Å². The van der Waals surface area contributed by atoms with Crippen LogP contribution < -0.4 is 10.1 Å². The lowest BCUT2D eigenvalue weighted by molar-refractivity contribution is 0.411. The standard InChI is InChI=1S/C10H15BrN2O/c1-4-7(2)13-10-5-9(14-3)8(11)6-12-10/h5-7H,4H2,1-3H3,(H,12,13). The minimum Gasteiger partial charge on any atom is -0.495 e. The summed E-state index contributed by atoms with van der Waals surface area (Å²) in [5.41, 5.74) is 0. The van der Waals surface area contributed by atoms with E-state index in [4.69, 9.17) is 4.74 Å². The van der Waals surface area contributed by atoms with Crippen LogP contribution in [0.25, 0.3) is 0 Å². The lowest BCUT2D eigenvalue weighted by atomic mass is 10.2. The molecule has 0 radical (unpaired) electrons. The van der Waals surface area contributed by atoms with Gasteiger partial charge >= 0.3 is 0 Å². The minimum atomic E-state index is 0.424. The van der Waals surface area contributed by atoms with Crippen molar-refractivity contribution in [2.24, 2.45) is 0 Å². The highest BCUT2D eigenvalue weighted by atomic mass is 79.9. The number of hydrogen-bond donors (Lipinski definition) is 1. The van der Waals surface area contributed by atoms with Crippen LogP contribution in [0.1, 0.15) is 20.3 Å². The second-order valence-corrected chi connectivity index (χ2v) is 4.01. The van der Waals surface area contributed by atoms with E-state index >= 15 is 0 Å². The molecule has 0 aliphatic rings. The van der Waals surface area contributed by atoms with E-state index in [0.29, 0.717) is 6.04 Å². The predicted octanol–water partition coefficient (Wildman–Crippen LogP) is 3.06. The number of pyridine rings is 1. The van der Waals surface area contributed by atoms with Crippen LogP contribution in [-0.2, 0) is 0 Å². The zero-order valence-electron chi connectivity index (χ0n) is 8.67. The number of hydrogen-bond acceptors (Lipinski definition) is 3. The maximum absolute atomic E-state index is 5.17. The Labute approximate surface area is 93.0 Å². The first-order valence-corrected chi connectivity index (χ1v) is 5.42. The summed E-state index contributed by atoms with van der Waals surface area (Å²) in [4.78, 5) is 4.24. The summed E-state index contributed by atoms with van der Waals surface area (Å²) in [7, 11) is 1.65. The molecule has 1 aromatic rings. The first-order chi connectivity index (χ1) is 6.67. The second-order valence-electron chi connectivity index (χ2n) is 3.16. The van der Waals surface area contributed by atoms with E-state index in [9.17, 15) is 0 Å². The summed E-state index contributed by atoms with van der Waals surface area (Å²) in [6, 6.07) is 2.31. The number of rotatable bonds is 4. The third-order valence-corrected chi connectivity index (χ3v) is 2.64. The van der Waals surface area contributed by atoms with Gasteiger partial charge in [-0.3, -0.25) is 0 Å². The summed E-state index contributed by atoms with van der Waals surface area (Å²) in [6.07, 6.45) is 2.81. The summed E-state index contributed by atoms with van der Waals surface area (Å²) >= 11 is 3.36. The van der Waals surface area contributed by atoms with Crippen molar-refractivity contribution in [1.82, 2.24) is 4.98 Å². The van der Waals surface area contributed by atoms with Gasteiger partial charge < -0.3 is 10.1 Å². The molecule has 78 valence electrons. The van der Waals surface area contributed by atoms with E-state index in [-0.39, 0.29) is 0 Å². The van der Waals surface area contributed by atoms with Crippen molar-refractivity contribution in [3.05, 3.63) is 16.7 Å². The van der Waals surface area contributed by atoms with Crippen LogP contribution in [0.3, 0.4) is 0 Å². The van der Waals surface area contributed by atoms with E-state index in [1.165, 1.54) is 0 Å². The van der Waals surface area contributed by atoms with E-state index in [2.05, 4.69) is 40.1 Å². The van der Waals surface area contributed by atoms with Crippen LogP contribution in [-0.4, -0.2) is 18.1 Å². The van der Waals surface area contributed by atoms with E-state index in [1.54, 1.807) is 13.3 Å². The maximum atomic E-state index is 5.17. The number of ether oxygens (including phenoxy) is 1. The van der Waals surface area contributed by atoms with Crippen LogP contribution in [0.15, 0.2) is 16.7 Å². The zero-order valence-corrected chi connectivity index (χ0v) is 10.3. The Morgan fingerprint density at radius 2 is 2.36 bits per heavy atom. The van der Waals surface area contributed by atoms with E-state index in [1.807, 2.05) is 6.07 Å². The van der Waals surface area contributed by atoms with Gasteiger partial charge in [0.05, 0.1) is 11.6 Å². The SMILES string of the molecule is CCC(C)Nc1cc(OC)c(Br)cn1. The molecule has 1 aromatic heterocycles. The number of halogens is 1. The first-order valence-electron chi connectivity index (χ1n) is 4.63. The third kappa shape index (κ3) is 2.87. The van der Waals surface area contributed by atoms with Crippen LogP contribution >= 0.6 is 15.9 Å². The molecule has 0 fully saturated rings. The van der Waals surface area contributed by atoms with E-state index in [0.717, 1.165) is 22.5 Å². The lowest BCUT2D eigenvalue weighted by Crippen LogP contribution is -2.14. The average Bonchev–Trinajstić information content (AvgIpc) is 2.20. The lowest BCUT2D eigenvalue weighted by Gasteiger charge is -2.13. The Morgan fingerprint density at radius 3 is 2.93 bits per heavy atom. The quantitative estimate of drug-likeness (QED) is 0.902. The maximum Gasteiger partial charge on any atom is 0.138 e. The highest BCUT2D eigenvalue weighted by molar-refractivity contribution is 9.10. The summed E-state index contributed by atoms with van der Waals surface area (Å²) < 4.78 is 6.04. The van der Waals surface area contributed by atoms with Crippen LogP contribution in [0.5, 0.6) is 5.75 Å². The number of aromatic nitrogens is 1. The Bertz CT molecular complexity index is 304. The first kappa shape index (κ1) is 11.3. The van der Waals surface area contributed by atoms with E-state index < -0.39 is 0 Å². The fourth-order valence-corrected chi connectivity index (χ4v) is 1.39. The second kappa shape index (κ2) is 5.20. The van der Waals surface area contributed by atoms with Crippen molar-refractivity contribution in [2.75, 3.05) is 12.4 Å². The van der Waals surface area contributed by atoms with Crippen molar-refractivity contribution >= 4 is 21.7 Å². The monoisotopic (exact) mass is 258 g/mol. The van der Waals surface area contributed by atoms with Crippen LogP contribution in [0, 0.1) is 0 Å². The molecule has 14 heavy (non-hydrogen) atoms. The molecular weight excluding hydrogens is 244 g/mol. The van der Waals surface area contributed by atoms with Gasteiger partial charge in [-0.15, -0.1) is 0 Å². The molecule has 3 nitrogen and oxygen atoms in total. The molecule has 1 heterocycles. The normalized spacial score (nSPS) is 12.3. The molecule has 0 amide bonds. The van der Waals surface area contributed by atoms with Gasteiger partial charge in [-0.25, -0.2) is 4.98 Å². The van der Waals surface area contributed by atoms with Crippen molar-refractivity contribution in [3.63, 3.8) is 0 Å². The molecule has 1 unspecified atom stereocenters. The average molecular weight is 259 g/mol. The molecule has 0 spiro atoms. The smallest absolute Gasteiger partial charge is 0.138 e. The van der Waals surface area contributed by atoms with Gasteiger partial charge in [0.2, 0.25) is 0 Å². The van der Waals surface area contributed by atoms with Gasteiger partial charge in [-0.05, 0) is 29.3 Å². The molecule has 0 aliphatic heterocycles. The Kier molecular flexibility index (Phi) is 4.20. The summed E-state index contributed by atoms with van der Waals surface area (Å²) in [6.45, 7) is 4.25. The molecule has 1 N–H and O–H groups in total. The van der Waals surface area contributed by atoms with Gasteiger partial charge in [0.15, 0.2) is 0 Å². The Hall–Kier alpha value is -0.770. The highest BCUT2D eigenvalue weighted by Crippen LogP contribution is 2.26. The number of nitrogens with one attached hydrogen (secondary N) is 1. The van der Waals surface area contributed by atoms with Crippen molar-refractivity contribution in [3.8, 4) is 5.75 Å². The fraction of sp³-hybridized carbons (Fsp3) is 0.500. The Balaban J connectivity index is 2.79. The molecule has 4 heteroatoms. The van der Waals surface area contributed by atoms with Gasteiger partial charge in [0.25, 0.3) is 0 Å². The predicted molar refractivity (Wildman–Crippen MR) is 61.9 cm³/mol. The van der Waals surface area contributed by atoms with Crippen molar-refractivity contribution in [2.45, 2.75) is 26.3 Å². The topological polar surface area (TPSA) is 34.1 Å². The van der Waals surface area contributed by atoms with Crippen molar-refractivity contribution < 1.29 is 4.74 Å². The van der Waals surface area contributed by atoms with Crippen LogP contribution in [0.4, 0.5) is 5.82 Å². The minimum absolute atomic E-state index is 0.424. The number of methoxy groups -OCH3 is 1. The number of anilines is 1. The number of nitrogens with zero attached hydrogens (tertiary/aromatic N) is 1. The van der Waals surface area contributed by atoms with Gasteiger partial charge in [-0.1, -0.05) is 6.92 Å².